The fourth-order valence-corrected chi connectivity index (χ4v) is 2.31. The first kappa shape index (κ1) is 10.4. The van der Waals surface area contributed by atoms with Crippen molar-refractivity contribution in [3.63, 3.8) is 0 Å². The zero-order valence-electron chi connectivity index (χ0n) is 9.70. The molecule has 2 rings (SSSR count). The lowest BCUT2D eigenvalue weighted by atomic mass is 10.1. The Morgan fingerprint density at radius 3 is 2.60 bits per heavy atom. The molecule has 0 spiro atoms. The Hall–Kier alpha value is -1.09. The second-order valence-electron chi connectivity index (χ2n) is 4.52. The van der Waals surface area contributed by atoms with Crippen molar-refractivity contribution in [2.45, 2.75) is 32.9 Å². The molecule has 0 saturated carbocycles. The maximum Gasteiger partial charge on any atom is 0.131 e. The number of aromatic nitrogens is 1. The normalized spacial score (nSPS) is 26.7. The molecule has 15 heavy (non-hydrogen) atoms. The molecule has 1 aliphatic heterocycles. The minimum absolute atomic E-state index is 0.537. The zero-order valence-corrected chi connectivity index (χ0v) is 9.70. The molecule has 3 heteroatoms. The molecule has 1 aromatic heterocycles. The number of nitrogens with zero attached hydrogens (tertiary/aromatic N) is 2. The number of piperazine rings is 1. The van der Waals surface area contributed by atoms with Gasteiger partial charge in [0.15, 0.2) is 0 Å². The second kappa shape index (κ2) is 4.19. The van der Waals surface area contributed by atoms with Crippen LogP contribution in [0, 0.1) is 6.92 Å². The summed E-state index contributed by atoms with van der Waals surface area (Å²) >= 11 is 0. The summed E-state index contributed by atoms with van der Waals surface area (Å²) < 4.78 is 0. The molecule has 2 atom stereocenters. The van der Waals surface area contributed by atoms with Gasteiger partial charge in [-0.1, -0.05) is 6.07 Å². The summed E-state index contributed by atoms with van der Waals surface area (Å²) in [5, 5.41) is 3.53. The maximum absolute atomic E-state index is 4.47. The van der Waals surface area contributed by atoms with Gasteiger partial charge >= 0.3 is 0 Å². The average Bonchev–Trinajstić information content (AvgIpc) is 2.16. The third kappa shape index (κ3) is 2.29. The number of aryl methyl sites for hydroxylation is 1. The van der Waals surface area contributed by atoms with E-state index in [1.807, 2.05) is 12.3 Å². The molecule has 1 aromatic rings. The molecule has 82 valence electrons. The van der Waals surface area contributed by atoms with Crippen LogP contribution in [0.2, 0.25) is 0 Å². The summed E-state index contributed by atoms with van der Waals surface area (Å²) in [4.78, 5) is 6.85. The van der Waals surface area contributed by atoms with Gasteiger partial charge in [0.2, 0.25) is 0 Å². The average molecular weight is 205 g/mol. The number of hydrogen-bond acceptors (Lipinski definition) is 3. The van der Waals surface area contributed by atoms with Crippen molar-refractivity contribution >= 4 is 5.82 Å². The molecular weight excluding hydrogens is 186 g/mol. The van der Waals surface area contributed by atoms with Crippen molar-refractivity contribution in [1.29, 1.82) is 0 Å². The number of hydrogen-bond donors (Lipinski definition) is 1. The van der Waals surface area contributed by atoms with Crippen LogP contribution in [0.3, 0.4) is 0 Å². The standard InChI is InChI=1S/C12H19N3/c1-9-5-4-6-13-12(9)15-7-10(2)14-11(3)8-15/h4-6,10-11,14H,7-8H2,1-3H3. The number of rotatable bonds is 1. The Kier molecular flexibility index (Phi) is 2.91. The van der Waals surface area contributed by atoms with Crippen molar-refractivity contribution in [3.8, 4) is 0 Å². The van der Waals surface area contributed by atoms with Gasteiger partial charge in [-0.15, -0.1) is 0 Å². The quantitative estimate of drug-likeness (QED) is 0.754. The van der Waals surface area contributed by atoms with Crippen LogP contribution in [0.4, 0.5) is 5.82 Å². The van der Waals surface area contributed by atoms with Gasteiger partial charge in [0.1, 0.15) is 5.82 Å². The molecule has 3 nitrogen and oxygen atoms in total. The predicted octanol–water partition coefficient (Wildman–Crippen LogP) is 1.58. The van der Waals surface area contributed by atoms with Crippen molar-refractivity contribution in [2.24, 2.45) is 0 Å². The van der Waals surface area contributed by atoms with E-state index in [-0.39, 0.29) is 0 Å². The smallest absolute Gasteiger partial charge is 0.131 e. The third-order valence-corrected chi connectivity index (χ3v) is 2.84. The lowest BCUT2D eigenvalue weighted by molar-refractivity contribution is 0.405. The Labute approximate surface area is 91.5 Å². The highest BCUT2D eigenvalue weighted by Crippen LogP contribution is 2.18. The van der Waals surface area contributed by atoms with E-state index in [0.29, 0.717) is 12.1 Å². The van der Waals surface area contributed by atoms with E-state index in [1.54, 1.807) is 0 Å². The van der Waals surface area contributed by atoms with Crippen LogP contribution < -0.4 is 10.2 Å². The fraction of sp³-hybridized carbons (Fsp3) is 0.583. The maximum atomic E-state index is 4.47. The highest BCUT2D eigenvalue weighted by atomic mass is 15.3. The minimum Gasteiger partial charge on any atom is -0.353 e. The SMILES string of the molecule is Cc1cccnc1N1CC(C)NC(C)C1. The van der Waals surface area contributed by atoms with E-state index >= 15 is 0 Å². The van der Waals surface area contributed by atoms with E-state index in [9.17, 15) is 0 Å². The first-order valence-electron chi connectivity index (χ1n) is 5.59. The second-order valence-corrected chi connectivity index (χ2v) is 4.52. The Morgan fingerprint density at radius 1 is 1.33 bits per heavy atom. The number of nitrogens with one attached hydrogen (secondary N) is 1. The molecule has 1 N–H and O–H groups in total. The lowest BCUT2D eigenvalue weighted by Gasteiger charge is -2.37. The summed E-state index contributed by atoms with van der Waals surface area (Å²) in [5.74, 6) is 1.14. The highest BCUT2D eigenvalue weighted by Gasteiger charge is 2.22. The summed E-state index contributed by atoms with van der Waals surface area (Å²) in [6.07, 6.45) is 1.87. The van der Waals surface area contributed by atoms with Gasteiger partial charge in [-0.25, -0.2) is 4.98 Å². The van der Waals surface area contributed by atoms with E-state index in [2.05, 4.69) is 42.0 Å². The highest BCUT2D eigenvalue weighted by molar-refractivity contribution is 5.46. The summed E-state index contributed by atoms with van der Waals surface area (Å²) in [5.41, 5.74) is 1.26. The molecule has 2 unspecified atom stereocenters. The Balaban J connectivity index is 2.20. The molecule has 1 fully saturated rings. The van der Waals surface area contributed by atoms with Gasteiger partial charge in [0.25, 0.3) is 0 Å². The molecule has 0 aromatic carbocycles. The topological polar surface area (TPSA) is 28.2 Å². The van der Waals surface area contributed by atoms with Gasteiger partial charge in [0.05, 0.1) is 0 Å². The van der Waals surface area contributed by atoms with Crippen LogP contribution >= 0.6 is 0 Å². The van der Waals surface area contributed by atoms with Gasteiger partial charge in [-0.05, 0) is 32.4 Å². The van der Waals surface area contributed by atoms with Gasteiger partial charge in [-0.3, -0.25) is 0 Å². The largest absolute Gasteiger partial charge is 0.353 e. The van der Waals surface area contributed by atoms with Crippen molar-refractivity contribution in [3.05, 3.63) is 23.9 Å². The molecule has 1 saturated heterocycles. The number of anilines is 1. The van der Waals surface area contributed by atoms with Gasteiger partial charge in [0, 0.05) is 31.4 Å². The monoisotopic (exact) mass is 205 g/mol. The Morgan fingerprint density at radius 2 is 2.00 bits per heavy atom. The Bertz CT molecular complexity index is 327. The summed E-state index contributed by atoms with van der Waals surface area (Å²) in [6.45, 7) is 8.66. The van der Waals surface area contributed by atoms with E-state index in [1.165, 1.54) is 5.56 Å². The molecule has 0 amide bonds. The van der Waals surface area contributed by atoms with E-state index in [0.717, 1.165) is 18.9 Å². The predicted molar refractivity (Wildman–Crippen MR) is 63.2 cm³/mol. The van der Waals surface area contributed by atoms with E-state index in [4.69, 9.17) is 0 Å². The molecule has 0 aliphatic carbocycles. The van der Waals surface area contributed by atoms with Crippen LogP contribution in [0.5, 0.6) is 0 Å². The number of pyridine rings is 1. The summed E-state index contributed by atoms with van der Waals surface area (Å²) in [7, 11) is 0. The van der Waals surface area contributed by atoms with Crippen molar-refractivity contribution < 1.29 is 0 Å². The van der Waals surface area contributed by atoms with Gasteiger partial charge in [-0.2, -0.15) is 0 Å². The zero-order chi connectivity index (χ0) is 10.8. The van der Waals surface area contributed by atoms with Crippen LogP contribution in [0.1, 0.15) is 19.4 Å². The molecular formula is C12H19N3. The van der Waals surface area contributed by atoms with Crippen LogP contribution in [-0.2, 0) is 0 Å². The molecule has 0 radical (unpaired) electrons. The van der Waals surface area contributed by atoms with E-state index < -0.39 is 0 Å². The lowest BCUT2D eigenvalue weighted by Crippen LogP contribution is -2.54. The first-order chi connectivity index (χ1) is 7.16. The molecule has 0 bridgehead atoms. The van der Waals surface area contributed by atoms with Gasteiger partial charge < -0.3 is 10.2 Å². The van der Waals surface area contributed by atoms with Crippen molar-refractivity contribution in [2.75, 3.05) is 18.0 Å². The summed E-state index contributed by atoms with van der Waals surface area (Å²) in [6, 6.07) is 5.19. The van der Waals surface area contributed by atoms with Crippen LogP contribution in [0.25, 0.3) is 0 Å². The van der Waals surface area contributed by atoms with Crippen molar-refractivity contribution in [1.82, 2.24) is 10.3 Å². The molecule has 1 aliphatic rings. The first-order valence-corrected chi connectivity index (χ1v) is 5.59. The minimum atomic E-state index is 0.537. The molecule has 2 heterocycles. The van der Waals surface area contributed by atoms with Crippen LogP contribution in [0.15, 0.2) is 18.3 Å². The van der Waals surface area contributed by atoms with Crippen LogP contribution in [-0.4, -0.2) is 30.2 Å². The third-order valence-electron chi connectivity index (χ3n) is 2.84. The fourth-order valence-electron chi connectivity index (χ4n) is 2.31.